The van der Waals surface area contributed by atoms with Gasteiger partial charge in [-0.15, -0.1) is 12.4 Å². The standard InChI is InChI=1S/C22H26N4O.ClH/c1-25-20-10-6-5-9-19(20)21(24-25)23-22(27)18-12-15-26(16-13-18)14-11-17-7-3-2-4-8-17;/h2-10,18H,11-16H2,1H3,(H,23,24,27);1H. The van der Waals surface area contributed by atoms with Gasteiger partial charge in [-0.3, -0.25) is 9.48 Å². The fraction of sp³-hybridized carbons (Fsp3) is 0.364. The number of amides is 1. The van der Waals surface area contributed by atoms with Crippen LogP contribution in [0.1, 0.15) is 18.4 Å². The Morgan fingerprint density at radius 2 is 1.75 bits per heavy atom. The van der Waals surface area contributed by atoms with E-state index in [-0.39, 0.29) is 24.2 Å². The number of nitrogens with one attached hydrogen (secondary N) is 1. The Morgan fingerprint density at radius 1 is 1.07 bits per heavy atom. The Morgan fingerprint density at radius 3 is 2.50 bits per heavy atom. The number of anilines is 1. The van der Waals surface area contributed by atoms with E-state index in [4.69, 9.17) is 0 Å². The summed E-state index contributed by atoms with van der Waals surface area (Å²) in [7, 11) is 1.91. The maximum atomic E-state index is 12.7. The molecule has 28 heavy (non-hydrogen) atoms. The molecule has 6 heteroatoms. The third kappa shape index (κ3) is 4.54. The predicted octanol–water partition coefficient (Wildman–Crippen LogP) is 3.89. The Kier molecular flexibility index (Phi) is 6.70. The van der Waals surface area contributed by atoms with Crippen molar-refractivity contribution in [3.8, 4) is 0 Å². The molecule has 1 amide bonds. The molecule has 1 N–H and O–H groups in total. The molecular weight excluding hydrogens is 372 g/mol. The summed E-state index contributed by atoms with van der Waals surface area (Å²) in [6.07, 6.45) is 2.88. The van der Waals surface area contributed by atoms with Gasteiger partial charge in [0.1, 0.15) is 0 Å². The molecule has 1 aromatic heterocycles. The van der Waals surface area contributed by atoms with Crippen molar-refractivity contribution < 1.29 is 4.79 Å². The fourth-order valence-corrected chi connectivity index (χ4v) is 3.88. The number of para-hydroxylation sites is 1. The highest BCUT2D eigenvalue weighted by atomic mass is 35.5. The van der Waals surface area contributed by atoms with Crippen LogP contribution in [0.15, 0.2) is 54.6 Å². The van der Waals surface area contributed by atoms with Gasteiger partial charge in [-0.05, 0) is 50.0 Å². The number of fused-ring (bicyclic) bond motifs is 1. The summed E-state index contributed by atoms with van der Waals surface area (Å²) in [4.78, 5) is 15.2. The van der Waals surface area contributed by atoms with Gasteiger partial charge in [0.15, 0.2) is 5.82 Å². The molecule has 1 saturated heterocycles. The highest BCUT2D eigenvalue weighted by Crippen LogP contribution is 2.24. The van der Waals surface area contributed by atoms with Crippen LogP contribution in [-0.4, -0.2) is 40.2 Å². The van der Waals surface area contributed by atoms with E-state index in [9.17, 15) is 4.79 Å². The SMILES string of the molecule is Cl.Cn1nc(NC(=O)C2CCN(CCc3ccccc3)CC2)c2ccccc21. The van der Waals surface area contributed by atoms with Crippen molar-refractivity contribution in [2.45, 2.75) is 19.3 Å². The summed E-state index contributed by atoms with van der Waals surface area (Å²) < 4.78 is 1.82. The Balaban J connectivity index is 0.00000225. The number of carbonyl (C=O) groups is 1. The maximum absolute atomic E-state index is 12.7. The predicted molar refractivity (Wildman–Crippen MR) is 116 cm³/mol. The lowest BCUT2D eigenvalue weighted by Gasteiger charge is -2.31. The number of carbonyl (C=O) groups excluding carboxylic acids is 1. The van der Waals surface area contributed by atoms with E-state index in [0.29, 0.717) is 5.82 Å². The van der Waals surface area contributed by atoms with E-state index >= 15 is 0 Å². The first kappa shape index (κ1) is 20.4. The van der Waals surface area contributed by atoms with Crippen LogP contribution in [0.25, 0.3) is 10.9 Å². The first-order chi connectivity index (χ1) is 13.2. The fourth-order valence-electron chi connectivity index (χ4n) is 3.88. The Labute approximate surface area is 172 Å². The monoisotopic (exact) mass is 398 g/mol. The van der Waals surface area contributed by atoms with Crippen molar-refractivity contribution in [2.24, 2.45) is 13.0 Å². The van der Waals surface area contributed by atoms with Crippen molar-refractivity contribution in [2.75, 3.05) is 25.0 Å². The van der Waals surface area contributed by atoms with Gasteiger partial charge in [0.2, 0.25) is 5.91 Å². The molecule has 0 saturated carbocycles. The smallest absolute Gasteiger partial charge is 0.228 e. The molecular formula is C22H27ClN4O. The third-order valence-electron chi connectivity index (χ3n) is 5.52. The number of piperidine rings is 1. The lowest BCUT2D eigenvalue weighted by Crippen LogP contribution is -2.39. The van der Waals surface area contributed by atoms with Crippen molar-refractivity contribution in [3.63, 3.8) is 0 Å². The third-order valence-corrected chi connectivity index (χ3v) is 5.52. The maximum Gasteiger partial charge on any atom is 0.228 e. The first-order valence-electron chi connectivity index (χ1n) is 9.69. The van der Waals surface area contributed by atoms with Crippen LogP contribution < -0.4 is 5.32 Å². The summed E-state index contributed by atoms with van der Waals surface area (Å²) in [6, 6.07) is 18.6. The second-order valence-electron chi connectivity index (χ2n) is 7.33. The average molecular weight is 399 g/mol. The Bertz CT molecular complexity index is 917. The molecule has 1 aliphatic rings. The van der Waals surface area contributed by atoms with Gasteiger partial charge in [-0.1, -0.05) is 42.5 Å². The average Bonchev–Trinajstić information content (AvgIpc) is 3.03. The lowest BCUT2D eigenvalue weighted by atomic mass is 9.95. The second kappa shape index (κ2) is 9.22. The van der Waals surface area contributed by atoms with Gasteiger partial charge >= 0.3 is 0 Å². The zero-order chi connectivity index (χ0) is 18.6. The molecule has 0 atom stereocenters. The molecule has 0 aliphatic carbocycles. The minimum Gasteiger partial charge on any atom is -0.308 e. The summed E-state index contributed by atoms with van der Waals surface area (Å²) in [5.74, 6) is 0.838. The minimum absolute atomic E-state index is 0. The van der Waals surface area contributed by atoms with Gasteiger partial charge in [0.05, 0.1) is 5.52 Å². The number of nitrogens with zero attached hydrogens (tertiary/aromatic N) is 3. The van der Waals surface area contributed by atoms with Gasteiger partial charge < -0.3 is 10.2 Å². The number of hydrogen-bond donors (Lipinski definition) is 1. The highest BCUT2D eigenvalue weighted by molar-refractivity contribution is 6.00. The van der Waals surface area contributed by atoms with Gasteiger partial charge in [0, 0.05) is 24.9 Å². The first-order valence-corrected chi connectivity index (χ1v) is 9.69. The number of hydrogen-bond acceptors (Lipinski definition) is 3. The summed E-state index contributed by atoms with van der Waals surface area (Å²) >= 11 is 0. The molecule has 1 aliphatic heterocycles. The van der Waals surface area contributed by atoms with E-state index < -0.39 is 0 Å². The molecule has 0 bridgehead atoms. The van der Waals surface area contributed by atoms with Crippen LogP contribution in [0.3, 0.4) is 0 Å². The van der Waals surface area contributed by atoms with Crippen LogP contribution in [-0.2, 0) is 18.3 Å². The minimum atomic E-state index is 0. The van der Waals surface area contributed by atoms with Crippen molar-refractivity contribution in [1.82, 2.24) is 14.7 Å². The number of benzene rings is 2. The van der Waals surface area contributed by atoms with E-state index in [1.165, 1.54) is 5.56 Å². The molecule has 0 unspecified atom stereocenters. The largest absolute Gasteiger partial charge is 0.308 e. The van der Waals surface area contributed by atoms with Crippen molar-refractivity contribution in [3.05, 3.63) is 60.2 Å². The quantitative estimate of drug-likeness (QED) is 0.709. The molecule has 0 radical (unpaired) electrons. The van der Waals surface area contributed by atoms with Crippen LogP contribution in [0.2, 0.25) is 0 Å². The van der Waals surface area contributed by atoms with Crippen LogP contribution in [0, 0.1) is 5.92 Å². The Hall–Kier alpha value is -2.37. The highest BCUT2D eigenvalue weighted by Gasteiger charge is 2.25. The zero-order valence-electron chi connectivity index (χ0n) is 16.2. The second-order valence-corrected chi connectivity index (χ2v) is 7.33. The van der Waals surface area contributed by atoms with Gasteiger partial charge in [0.25, 0.3) is 0 Å². The number of rotatable bonds is 5. The van der Waals surface area contributed by atoms with E-state index in [0.717, 1.165) is 49.8 Å². The molecule has 148 valence electrons. The van der Waals surface area contributed by atoms with Crippen molar-refractivity contribution >= 4 is 35.0 Å². The van der Waals surface area contributed by atoms with Gasteiger partial charge in [-0.2, -0.15) is 5.10 Å². The van der Waals surface area contributed by atoms with Crippen LogP contribution in [0.4, 0.5) is 5.82 Å². The number of aryl methyl sites for hydroxylation is 1. The molecule has 5 nitrogen and oxygen atoms in total. The van der Waals surface area contributed by atoms with E-state index in [1.807, 2.05) is 36.0 Å². The normalized spacial score (nSPS) is 15.3. The number of aromatic nitrogens is 2. The lowest BCUT2D eigenvalue weighted by molar-refractivity contribution is -0.121. The molecule has 4 rings (SSSR count). The number of likely N-dealkylation sites (tertiary alicyclic amines) is 1. The summed E-state index contributed by atoms with van der Waals surface area (Å²) in [5.41, 5.74) is 2.41. The van der Waals surface area contributed by atoms with Crippen LogP contribution >= 0.6 is 12.4 Å². The van der Waals surface area contributed by atoms with Gasteiger partial charge in [-0.25, -0.2) is 0 Å². The zero-order valence-corrected chi connectivity index (χ0v) is 17.0. The van der Waals surface area contributed by atoms with E-state index in [2.05, 4.69) is 45.6 Å². The molecule has 0 spiro atoms. The molecule has 1 fully saturated rings. The topological polar surface area (TPSA) is 50.2 Å². The van der Waals surface area contributed by atoms with Crippen molar-refractivity contribution in [1.29, 1.82) is 0 Å². The van der Waals surface area contributed by atoms with Crippen LogP contribution in [0.5, 0.6) is 0 Å². The molecule has 2 heterocycles. The molecule has 3 aromatic rings. The van der Waals surface area contributed by atoms with E-state index in [1.54, 1.807) is 0 Å². The summed E-state index contributed by atoms with van der Waals surface area (Å²) in [6.45, 7) is 3.02. The number of halogens is 1. The summed E-state index contributed by atoms with van der Waals surface area (Å²) in [5, 5.41) is 8.53. The molecule has 2 aromatic carbocycles.